The maximum atomic E-state index is 7.57. The molecule has 1 aromatic rings. The second-order valence-corrected chi connectivity index (χ2v) is 2.56. The lowest BCUT2D eigenvalue weighted by molar-refractivity contribution is 0.415. The molecule has 2 nitrogen and oxygen atoms in total. The fourth-order valence-electron chi connectivity index (χ4n) is 0.996. The van der Waals surface area contributed by atoms with Gasteiger partial charge >= 0.3 is 0 Å². The second kappa shape index (κ2) is 3.90. The van der Waals surface area contributed by atoms with Crippen molar-refractivity contribution in [3.63, 3.8) is 0 Å². The third kappa shape index (κ3) is 1.84. The smallest absolute Gasteiger partial charge is 0.118 e. The van der Waals surface area contributed by atoms with Crippen LogP contribution in [0.15, 0.2) is 24.3 Å². The van der Waals surface area contributed by atoms with Crippen molar-refractivity contribution < 1.29 is 4.74 Å². The maximum Gasteiger partial charge on any atom is 0.118 e. The van der Waals surface area contributed by atoms with Gasteiger partial charge < -0.3 is 10.1 Å². The van der Waals surface area contributed by atoms with Crippen LogP contribution < -0.4 is 4.74 Å². The predicted octanol–water partition coefficient (Wildman–Crippen LogP) is 2.47. The molecule has 0 amide bonds. The van der Waals surface area contributed by atoms with E-state index in [9.17, 15) is 0 Å². The summed E-state index contributed by atoms with van der Waals surface area (Å²) < 4.78 is 5.01. The number of rotatable bonds is 3. The summed E-state index contributed by atoms with van der Waals surface area (Å²) in [4.78, 5) is 0. The highest BCUT2D eigenvalue weighted by molar-refractivity contribution is 5.97. The van der Waals surface area contributed by atoms with Crippen LogP contribution in [0.2, 0.25) is 0 Å². The van der Waals surface area contributed by atoms with Crippen LogP contribution in [0.4, 0.5) is 0 Å². The molecule has 0 unspecified atom stereocenters. The first-order valence-corrected chi connectivity index (χ1v) is 3.99. The van der Waals surface area contributed by atoms with Gasteiger partial charge in [0.2, 0.25) is 0 Å². The van der Waals surface area contributed by atoms with Crippen molar-refractivity contribution in [3.8, 4) is 5.75 Å². The molecule has 2 heteroatoms. The SMILES string of the molecule is CCC(=N)c1ccc(OC)cc1. The molecule has 0 aliphatic rings. The molecular weight excluding hydrogens is 150 g/mol. The zero-order valence-electron chi connectivity index (χ0n) is 7.42. The molecule has 1 rings (SSSR count). The molecule has 1 aromatic carbocycles. The largest absolute Gasteiger partial charge is 0.497 e. The van der Waals surface area contributed by atoms with Gasteiger partial charge in [0.25, 0.3) is 0 Å². The quantitative estimate of drug-likeness (QED) is 0.682. The van der Waals surface area contributed by atoms with Crippen molar-refractivity contribution in [2.24, 2.45) is 0 Å². The van der Waals surface area contributed by atoms with Gasteiger partial charge in [0.1, 0.15) is 5.75 Å². The molecule has 0 aliphatic carbocycles. The van der Waals surface area contributed by atoms with Gasteiger partial charge in [0, 0.05) is 5.71 Å². The van der Waals surface area contributed by atoms with Crippen molar-refractivity contribution in [2.45, 2.75) is 13.3 Å². The molecule has 0 aliphatic heterocycles. The van der Waals surface area contributed by atoms with Crippen molar-refractivity contribution in [2.75, 3.05) is 7.11 Å². The second-order valence-electron chi connectivity index (χ2n) is 2.56. The Morgan fingerprint density at radius 1 is 1.33 bits per heavy atom. The maximum absolute atomic E-state index is 7.57. The molecule has 0 radical (unpaired) electrons. The molecule has 0 bridgehead atoms. The fraction of sp³-hybridized carbons (Fsp3) is 0.300. The molecule has 0 atom stereocenters. The molecule has 64 valence electrons. The van der Waals surface area contributed by atoms with Crippen molar-refractivity contribution >= 4 is 5.71 Å². The highest BCUT2D eigenvalue weighted by atomic mass is 16.5. The first-order valence-electron chi connectivity index (χ1n) is 3.99. The number of nitrogens with one attached hydrogen (secondary N) is 1. The third-order valence-electron chi connectivity index (χ3n) is 1.79. The Hall–Kier alpha value is -1.31. The van der Waals surface area contributed by atoms with E-state index in [0.29, 0.717) is 5.71 Å². The first-order chi connectivity index (χ1) is 5.77. The average Bonchev–Trinajstić information content (AvgIpc) is 2.17. The van der Waals surface area contributed by atoms with E-state index in [-0.39, 0.29) is 0 Å². The topological polar surface area (TPSA) is 33.1 Å². The van der Waals surface area contributed by atoms with E-state index < -0.39 is 0 Å². The number of hydrogen-bond donors (Lipinski definition) is 1. The summed E-state index contributed by atoms with van der Waals surface area (Å²) in [5.74, 6) is 0.836. The van der Waals surface area contributed by atoms with Gasteiger partial charge in [0.15, 0.2) is 0 Å². The Bertz CT molecular complexity index is 264. The van der Waals surface area contributed by atoms with E-state index in [1.165, 1.54) is 0 Å². The van der Waals surface area contributed by atoms with Gasteiger partial charge in [-0.05, 0) is 36.2 Å². The van der Waals surface area contributed by atoms with E-state index >= 15 is 0 Å². The highest BCUT2D eigenvalue weighted by Gasteiger charge is 1.97. The third-order valence-corrected chi connectivity index (χ3v) is 1.79. The van der Waals surface area contributed by atoms with Gasteiger partial charge in [-0.1, -0.05) is 6.92 Å². The van der Waals surface area contributed by atoms with Gasteiger partial charge in [-0.3, -0.25) is 0 Å². The van der Waals surface area contributed by atoms with E-state index in [4.69, 9.17) is 10.1 Å². The lowest BCUT2D eigenvalue weighted by atomic mass is 10.1. The lowest BCUT2D eigenvalue weighted by Crippen LogP contribution is -1.95. The molecule has 0 spiro atoms. The van der Waals surface area contributed by atoms with Gasteiger partial charge in [-0.25, -0.2) is 0 Å². The van der Waals surface area contributed by atoms with Crippen LogP contribution in [-0.4, -0.2) is 12.8 Å². The average molecular weight is 163 g/mol. The molecule has 0 saturated carbocycles. The summed E-state index contributed by atoms with van der Waals surface area (Å²) in [6, 6.07) is 7.56. The monoisotopic (exact) mass is 163 g/mol. The van der Waals surface area contributed by atoms with E-state index in [1.54, 1.807) is 7.11 Å². The summed E-state index contributed by atoms with van der Waals surface area (Å²) in [6.07, 6.45) is 0.770. The zero-order chi connectivity index (χ0) is 8.97. The minimum absolute atomic E-state index is 0.664. The van der Waals surface area contributed by atoms with Crippen molar-refractivity contribution in [1.82, 2.24) is 0 Å². The molecule has 1 N–H and O–H groups in total. The first kappa shape index (κ1) is 8.78. The highest BCUT2D eigenvalue weighted by Crippen LogP contribution is 2.12. The van der Waals surface area contributed by atoms with Gasteiger partial charge in [-0.2, -0.15) is 0 Å². The molecule has 0 heterocycles. The molecule has 0 saturated heterocycles. The standard InChI is InChI=1S/C10H13NO/c1-3-10(11)8-4-6-9(12-2)7-5-8/h4-7,11H,3H2,1-2H3. The van der Waals surface area contributed by atoms with E-state index in [0.717, 1.165) is 17.7 Å². The van der Waals surface area contributed by atoms with Crippen LogP contribution in [0.1, 0.15) is 18.9 Å². The number of hydrogen-bond acceptors (Lipinski definition) is 2. The van der Waals surface area contributed by atoms with E-state index in [2.05, 4.69) is 0 Å². The summed E-state index contributed by atoms with van der Waals surface area (Å²) in [7, 11) is 1.64. The summed E-state index contributed by atoms with van der Waals surface area (Å²) in [5, 5.41) is 7.57. The predicted molar refractivity (Wildman–Crippen MR) is 50.1 cm³/mol. The molecule has 12 heavy (non-hydrogen) atoms. The number of ether oxygens (including phenoxy) is 1. The Labute approximate surface area is 72.7 Å². The fourth-order valence-corrected chi connectivity index (χ4v) is 0.996. The Kier molecular flexibility index (Phi) is 2.86. The minimum atomic E-state index is 0.664. The Morgan fingerprint density at radius 3 is 2.33 bits per heavy atom. The minimum Gasteiger partial charge on any atom is -0.497 e. The van der Waals surface area contributed by atoms with Crippen LogP contribution in [-0.2, 0) is 0 Å². The Balaban J connectivity index is 2.84. The Morgan fingerprint density at radius 2 is 1.92 bits per heavy atom. The van der Waals surface area contributed by atoms with Crippen molar-refractivity contribution in [3.05, 3.63) is 29.8 Å². The van der Waals surface area contributed by atoms with Crippen molar-refractivity contribution in [1.29, 1.82) is 5.41 Å². The van der Waals surface area contributed by atoms with Crippen LogP contribution in [0.5, 0.6) is 5.75 Å². The zero-order valence-corrected chi connectivity index (χ0v) is 7.42. The normalized spacial score (nSPS) is 9.50. The van der Waals surface area contributed by atoms with Crippen LogP contribution >= 0.6 is 0 Å². The number of benzene rings is 1. The summed E-state index contributed by atoms with van der Waals surface area (Å²) >= 11 is 0. The molecule has 0 aromatic heterocycles. The van der Waals surface area contributed by atoms with Gasteiger partial charge in [0.05, 0.1) is 7.11 Å². The van der Waals surface area contributed by atoms with E-state index in [1.807, 2.05) is 31.2 Å². The lowest BCUT2D eigenvalue weighted by Gasteiger charge is -2.02. The molecule has 0 fully saturated rings. The summed E-state index contributed by atoms with van der Waals surface area (Å²) in [5.41, 5.74) is 1.64. The number of methoxy groups -OCH3 is 1. The van der Waals surface area contributed by atoms with Gasteiger partial charge in [-0.15, -0.1) is 0 Å². The van der Waals surface area contributed by atoms with Crippen LogP contribution in [0, 0.1) is 5.41 Å². The molecular formula is C10H13NO. The van der Waals surface area contributed by atoms with Crippen LogP contribution in [0.3, 0.4) is 0 Å². The van der Waals surface area contributed by atoms with Crippen LogP contribution in [0.25, 0.3) is 0 Å². The summed E-state index contributed by atoms with van der Waals surface area (Å²) in [6.45, 7) is 1.98.